The summed E-state index contributed by atoms with van der Waals surface area (Å²) >= 11 is 0. The fourth-order valence-electron chi connectivity index (χ4n) is 2.38. The Hall–Kier alpha value is -3.42. The van der Waals surface area contributed by atoms with Crippen LogP contribution in [0.5, 0.6) is 0 Å². The molecule has 1 aromatic carbocycles. The lowest BCUT2D eigenvalue weighted by Gasteiger charge is -2.10. The maximum absolute atomic E-state index is 12.2. The Morgan fingerprint density at radius 3 is 2.46 bits per heavy atom. The van der Waals surface area contributed by atoms with Gasteiger partial charge in [0, 0.05) is 29.6 Å². The van der Waals surface area contributed by atoms with Crippen molar-refractivity contribution in [3.63, 3.8) is 0 Å². The molecule has 0 aliphatic rings. The number of anilines is 2. The first kappa shape index (κ1) is 19.3. The summed E-state index contributed by atoms with van der Waals surface area (Å²) < 4.78 is 10.2. The van der Waals surface area contributed by atoms with Crippen LogP contribution in [0.2, 0.25) is 0 Å². The van der Waals surface area contributed by atoms with Crippen molar-refractivity contribution in [2.45, 2.75) is 39.0 Å². The molecule has 0 unspecified atom stereocenters. The highest BCUT2D eigenvalue weighted by atomic mass is 16.5. The summed E-state index contributed by atoms with van der Waals surface area (Å²) in [5.74, 6) is 0.704. The van der Waals surface area contributed by atoms with E-state index in [1.807, 2.05) is 20.8 Å². The van der Waals surface area contributed by atoms with Crippen LogP contribution in [-0.2, 0) is 16.6 Å². The molecule has 2 amide bonds. The minimum Gasteiger partial charge on any atom is -0.459 e. The zero-order valence-electron chi connectivity index (χ0n) is 16.0. The third-order valence-corrected chi connectivity index (χ3v) is 3.85. The average Bonchev–Trinajstić information content (AvgIpc) is 3.32. The van der Waals surface area contributed by atoms with Crippen molar-refractivity contribution < 1.29 is 18.5 Å². The van der Waals surface area contributed by atoms with Gasteiger partial charge in [-0.1, -0.05) is 32.0 Å². The quantitative estimate of drug-likeness (QED) is 0.671. The van der Waals surface area contributed by atoms with Gasteiger partial charge in [0.2, 0.25) is 11.8 Å². The van der Waals surface area contributed by atoms with Crippen LogP contribution in [0.3, 0.4) is 0 Å². The number of hydrogen-bond donors (Lipinski definition) is 2. The first-order chi connectivity index (χ1) is 13.3. The van der Waals surface area contributed by atoms with Crippen LogP contribution >= 0.6 is 0 Å². The molecule has 0 saturated heterocycles. The van der Waals surface area contributed by atoms with E-state index in [2.05, 4.69) is 20.8 Å². The monoisotopic (exact) mass is 382 g/mol. The summed E-state index contributed by atoms with van der Waals surface area (Å²) in [6.07, 6.45) is 1.98. The Labute approximate surface area is 162 Å². The van der Waals surface area contributed by atoms with Gasteiger partial charge in [-0.3, -0.25) is 9.59 Å². The maximum Gasteiger partial charge on any atom is 0.291 e. The average molecular weight is 382 g/mol. The van der Waals surface area contributed by atoms with Crippen LogP contribution in [0.15, 0.2) is 51.6 Å². The molecular weight excluding hydrogens is 360 g/mol. The minimum absolute atomic E-state index is 0.190. The van der Waals surface area contributed by atoms with E-state index in [-0.39, 0.29) is 29.4 Å². The lowest BCUT2D eigenvalue weighted by molar-refractivity contribution is -0.116. The largest absolute Gasteiger partial charge is 0.459 e. The van der Waals surface area contributed by atoms with Crippen LogP contribution in [0.4, 0.5) is 11.4 Å². The number of nitrogens with zero attached hydrogens (tertiary/aromatic N) is 2. The second-order valence-corrected chi connectivity index (χ2v) is 7.32. The molecule has 8 nitrogen and oxygen atoms in total. The molecule has 3 rings (SSSR count). The lowest BCUT2D eigenvalue weighted by atomic mass is 9.96. The zero-order valence-corrected chi connectivity index (χ0v) is 16.0. The topological polar surface area (TPSA) is 110 Å². The van der Waals surface area contributed by atoms with Crippen LogP contribution in [0.1, 0.15) is 49.5 Å². The first-order valence-electron chi connectivity index (χ1n) is 8.89. The number of furan rings is 1. The van der Waals surface area contributed by atoms with Crippen molar-refractivity contribution in [3.8, 4) is 0 Å². The van der Waals surface area contributed by atoms with Gasteiger partial charge in [-0.2, -0.15) is 4.98 Å². The molecule has 0 fully saturated rings. The van der Waals surface area contributed by atoms with Gasteiger partial charge in [0.15, 0.2) is 11.6 Å². The van der Waals surface area contributed by atoms with Gasteiger partial charge >= 0.3 is 0 Å². The van der Waals surface area contributed by atoms with E-state index in [0.29, 0.717) is 29.5 Å². The van der Waals surface area contributed by atoms with Gasteiger partial charge in [-0.15, -0.1) is 0 Å². The van der Waals surface area contributed by atoms with E-state index >= 15 is 0 Å². The number of benzene rings is 1. The molecule has 2 heterocycles. The summed E-state index contributed by atoms with van der Waals surface area (Å²) in [7, 11) is 0. The molecule has 0 spiro atoms. The van der Waals surface area contributed by atoms with E-state index in [4.69, 9.17) is 8.94 Å². The molecule has 28 heavy (non-hydrogen) atoms. The number of rotatable bonds is 6. The van der Waals surface area contributed by atoms with E-state index in [1.54, 1.807) is 36.4 Å². The summed E-state index contributed by atoms with van der Waals surface area (Å²) in [6.45, 7) is 5.98. The molecule has 2 aromatic heterocycles. The minimum atomic E-state index is -0.362. The smallest absolute Gasteiger partial charge is 0.291 e. The fourth-order valence-corrected chi connectivity index (χ4v) is 2.38. The van der Waals surface area contributed by atoms with Crippen molar-refractivity contribution in [1.82, 2.24) is 10.1 Å². The van der Waals surface area contributed by atoms with Crippen molar-refractivity contribution in [1.29, 1.82) is 0 Å². The van der Waals surface area contributed by atoms with Gasteiger partial charge in [0.1, 0.15) is 0 Å². The van der Waals surface area contributed by atoms with Crippen LogP contribution < -0.4 is 10.6 Å². The van der Waals surface area contributed by atoms with Gasteiger partial charge in [-0.05, 0) is 30.3 Å². The maximum atomic E-state index is 12.2. The Bertz CT molecular complexity index is 955. The highest BCUT2D eigenvalue weighted by Gasteiger charge is 2.21. The van der Waals surface area contributed by atoms with Gasteiger partial charge in [0.25, 0.3) is 5.91 Å². The molecule has 8 heteroatoms. The van der Waals surface area contributed by atoms with Crippen molar-refractivity contribution in [2.75, 3.05) is 10.6 Å². The number of carbonyl (C=O) groups excluding carboxylic acids is 2. The highest BCUT2D eigenvalue weighted by molar-refractivity contribution is 6.02. The first-order valence-corrected chi connectivity index (χ1v) is 8.89. The zero-order chi connectivity index (χ0) is 20.1. The van der Waals surface area contributed by atoms with Crippen LogP contribution in [-0.4, -0.2) is 22.0 Å². The van der Waals surface area contributed by atoms with Gasteiger partial charge in [-0.25, -0.2) is 0 Å². The van der Waals surface area contributed by atoms with Gasteiger partial charge in [0.05, 0.1) is 6.26 Å². The molecule has 0 bridgehead atoms. The normalized spacial score (nSPS) is 11.2. The van der Waals surface area contributed by atoms with Gasteiger partial charge < -0.3 is 19.6 Å². The molecule has 0 atom stereocenters. The molecular formula is C20H22N4O4. The third kappa shape index (κ3) is 5.06. The second-order valence-electron chi connectivity index (χ2n) is 7.32. The summed E-state index contributed by atoms with van der Waals surface area (Å²) in [4.78, 5) is 28.5. The molecule has 2 N–H and O–H groups in total. The summed E-state index contributed by atoms with van der Waals surface area (Å²) in [5.41, 5.74) is 0.916. The molecule has 0 aliphatic heterocycles. The molecule has 0 radical (unpaired) electrons. The van der Waals surface area contributed by atoms with E-state index in [1.165, 1.54) is 6.26 Å². The predicted molar refractivity (Wildman–Crippen MR) is 103 cm³/mol. The number of amides is 2. The van der Waals surface area contributed by atoms with E-state index in [0.717, 1.165) is 0 Å². The Morgan fingerprint density at radius 2 is 1.82 bits per heavy atom. The molecule has 146 valence electrons. The number of nitrogens with one attached hydrogen (secondary N) is 2. The van der Waals surface area contributed by atoms with Crippen LogP contribution in [0.25, 0.3) is 0 Å². The summed E-state index contributed by atoms with van der Waals surface area (Å²) in [5, 5.41) is 9.45. The Morgan fingerprint density at radius 1 is 1.07 bits per heavy atom. The Balaban J connectivity index is 1.54. The van der Waals surface area contributed by atoms with E-state index < -0.39 is 0 Å². The number of carbonyl (C=O) groups is 2. The predicted octanol–water partition coefficient (Wildman–Crippen LogP) is 3.78. The SMILES string of the molecule is CC(C)(C)c1noc(CCC(=O)Nc2cccc(NC(=O)c3ccco3)c2)n1. The van der Waals surface area contributed by atoms with Crippen molar-refractivity contribution in [3.05, 3.63) is 60.1 Å². The van der Waals surface area contributed by atoms with Crippen LogP contribution in [0, 0.1) is 0 Å². The third-order valence-electron chi connectivity index (χ3n) is 3.85. The standard InChI is InChI=1S/C20H22N4O4/c1-20(2,3)19-23-17(28-24-19)10-9-16(25)21-13-6-4-7-14(12-13)22-18(26)15-8-5-11-27-15/h4-8,11-12H,9-10H2,1-3H3,(H,21,25)(H,22,26). The molecule has 0 aliphatic carbocycles. The molecule has 3 aromatic rings. The van der Waals surface area contributed by atoms with E-state index in [9.17, 15) is 9.59 Å². The fraction of sp³-hybridized carbons (Fsp3) is 0.300. The number of aryl methyl sites for hydroxylation is 1. The number of hydrogen-bond acceptors (Lipinski definition) is 6. The highest BCUT2D eigenvalue weighted by Crippen LogP contribution is 2.19. The van der Waals surface area contributed by atoms with Crippen molar-refractivity contribution in [2.24, 2.45) is 0 Å². The second kappa shape index (κ2) is 8.08. The Kier molecular flexibility index (Phi) is 5.58. The summed E-state index contributed by atoms with van der Waals surface area (Å²) in [6, 6.07) is 10.1. The van der Waals surface area contributed by atoms with Crippen molar-refractivity contribution >= 4 is 23.2 Å². The molecule has 0 saturated carbocycles. The number of aromatic nitrogens is 2. The lowest BCUT2D eigenvalue weighted by Crippen LogP contribution is -2.14.